The van der Waals surface area contributed by atoms with Crippen LogP contribution in [0.25, 0.3) is 54.2 Å². The van der Waals surface area contributed by atoms with Crippen molar-refractivity contribution in [2.45, 2.75) is 53.8 Å². The summed E-state index contributed by atoms with van der Waals surface area (Å²) in [4.78, 5) is 25.7. The Labute approximate surface area is 256 Å². The van der Waals surface area contributed by atoms with Crippen molar-refractivity contribution in [3.05, 3.63) is 96.1 Å². The van der Waals surface area contributed by atoms with Crippen molar-refractivity contribution in [1.29, 1.82) is 0 Å². The zero-order valence-electron chi connectivity index (χ0n) is 25.7. The predicted octanol–water partition coefficient (Wildman–Crippen LogP) is 10.4. The molecule has 6 aromatic rings. The Balaban J connectivity index is 1.75. The lowest BCUT2D eigenvalue weighted by Gasteiger charge is -2.22. The second-order valence-corrected chi connectivity index (χ2v) is 11.6. The first-order valence-electron chi connectivity index (χ1n) is 14.8. The largest absolute Gasteiger partial charge is 0.514 e. The van der Waals surface area contributed by atoms with Crippen LogP contribution in [0.1, 0.15) is 38.8 Å². The summed E-state index contributed by atoms with van der Waals surface area (Å²) in [5, 5.41) is 6.82. The molecule has 0 bridgehead atoms. The van der Waals surface area contributed by atoms with Gasteiger partial charge in [-0.15, -0.1) is 0 Å². The Kier molecular flexibility index (Phi) is 7.60. The van der Waals surface area contributed by atoms with Crippen molar-refractivity contribution in [3.63, 3.8) is 0 Å². The van der Waals surface area contributed by atoms with E-state index in [0.717, 1.165) is 65.3 Å². The van der Waals surface area contributed by atoms with E-state index in [4.69, 9.17) is 18.9 Å². The normalized spacial score (nSPS) is 11.5. The van der Waals surface area contributed by atoms with Gasteiger partial charge in [0.1, 0.15) is 11.5 Å². The number of rotatable bonds is 5. The van der Waals surface area contributed by atoms with Gasteiger partial charge in [0.05, 0.1) is 12.2 Å². The molecule has 0 aliphatic heterocycles. The van der Waals surface area contributed by atoms with Crippen molar-refractivity contribution in [2.24, 2.45) is 0 Å². The second kappa shape index (κ2) is 11.5. The van der Waals surface area contributed by atoms with Crippen LogP contribution >= 0.6 is 0 Å². The molecule has 0 atom stereocenters. The van der Waals surface area contributed by atoms with Gasteiger partial charge in [0.25, 0.3) is 0 Å². The Hall–Kier alpha value is -5.10. The minimum Gasteiger partial charge on any atom is -0.431 e. The van der Waals surface area contributed by atoms with Crippen LogP contribution in [0.15, 0.2) is 84.9 Å². The van der Waals surface area contributed by atoms with Gasteiger partial charge in [-0.1, -0.05) is 83.9 Å². The fraction of sp³-hybridized carbons (Fsp3) is 0.211. The average Bonchev–Trinajstić information content (AvgIpc) is 2.97. The Bertz CT molecular complexity index is 1940. The summed E-state index contributed by atoms with van der Waals surface area (Å²) < 4.78 is 22.7. The van der Waals surface area contributed by atoms with Crippen molar-refractivity contribution >= 4 is 55.4 Å². The molecule has 0 aromatic heterocycles. The Morgan fingerprint density at radius 2 is 0.818 bits per heavy atom. The standard InChI is InChI=1S/C38H34O6/c1-21(2)41-37(39)43-35-29-13-9-7-11-25(29)33(27-17-15-23(5)19-31(27)35)34-26-12-8-10-14-30(26)36(44-38(40)42-22(3)4)32-20-24(6)16-18-28(32)34/h7-22H,1-6H3. The van der Waals surface area contributed by atoms with E-state index in [2.05, 4.69) is 24.3 Å². The fourth-order valence-corrected chi connectivity index (χ4v) is 5.86. The maximum atomic E-state index is 12.8. The van der Waals surface area contributed by atoms with Crippen molar-refractivity contribution in [3.8, 4) is 22.6 Å². The molecular formula is C38H34O6. The summed E-state index contributed by atoms with van der Waals surface area (Å²) in [7, 11) is 0. The minimum atomic E-state index is -0.748. The van der Waals surface area contributed by atoms with Gasteiger partial charge >= 0.3 is 12.3 Å². The number of aryl methyl sites for hydroxylation is 2. The Morgan fingerprint density at radius 3 is 1.18 bits per heavy atom. The van der Waals surface area contributed by atoms with Gasteiger partial charge in [0.15, 0.2) is 0 Å². The van der Waals surface area contributed by atoms with Crippen LogP contribution in [-0.4, -0.2) is 24.5 Å². The zero-order chi connectivity index (χ0) is 31.1. The molecule has 222 valence electrons. The van der Waals surface area contributed by atoms with Crippen molar-refractivity contribution in [1.82, 2.24) is 0 Å². The van der Waals surface area contributed by atoms with Gasteiger partial charge in [-0.05, 0) is 86.3 Å². The van der Waals surface area contributed by atoms with Gasteiger partial charge in [-0.25, -0.2) is 9.59 Å². The first kappa shape index (κ1) is 29.0. The van der Waals surface area contributed by atoms with Gasteiger partial charge < -0.3 is 18.9 Å². The predicted molar refractivity (Wildman–Crippen MR) is 176 cm³/mol. The summed E-state index contributed by atoms with van der Waals surface area (Å²) in [5.41, 5.74) is 4.03. The summed E-state index contributed by atoms with van der Waals surface area (Å²) in [5.74, 6) is 0.907. The molecule has 0 saturated carbocycles. The molecule has 0 radical (unpaired) electrons. The molecule has 6 aromatic carbocycles. The van der Waals surface area contributed by atoms with Gasteiger partial charge in [0.2, 0.25) is 0 Å². The highest BCUT2D eigenvalue weighted by Crippen LogP contribution is 2.50. The molecule has 0 saturated heterocycles. The van der Waals surface area contributed by atoms with E-state index in [0.29, 0.717) is 11.5 Å². The molecule has 0 aliphatic carbocycles. The molecule has 6 heteroatoms. The highest BCUT2D eigenvalue weighted by Gasteiger charge is 2.25. The molecule has 0 aliphatic rings. The number of hydrogen-bond donors (Lipinski definition) is 0. The number of carbonyl (C=O) groups excluding carboxylic acids is 2. The zero-order valence-corrected chi connectivity index (χ0v) is 25.7. The first-order valence-corrected chi connectivity index (χ1v) is 14.8. The SMILES string of the molecule is Cc1ccc2c(-c3c4ccccc4c(OC(=O)OC(C)C)c4cc(C)ccc34)c3ccccc3c(OC(=O)OC(C)C)c2c1. The molecule has 0 N–H and O–H groups in total. The molecule has 6 nitrogen and oxygen atoms in total. The van der Waals surface area contributed by atoms with E-state index in [1.165, 1.54) is 0 Å². The van der Waals surface area contributed by atoms with Crippen LogP contribution in [-0.2, 0) is 9.47 Å². The van der Waals surface area contributed by atoms with Crippen molar-refractivity contribution < 1.29 is 28.5 Å². The third-order valence-corrected chi connectivity index (χ3v) is 7.54. The molecule has 0 spiro atoms. The summed E-state index contributed by atoms with van der Waals surface area (Å²) in [6, 6.07) is 28.2. The second-order valence-electron chi connectivity index (χ2n) is 11.6. The van der Waals surface area contributed by atoms with E-state index in [1.54, 1.807) is 27.7 Å². The van der Waals surface area contributed by atoms with E-state index < -0.39 is 12.3 Å². The van der Waals surface area contributed by atoms with Crippen LogP contribution in [0.5, 0.6) is 11.5 Å². The lowest BCUT2D eigenvalue weighted by molar-refractivity contribution is 0.0725. The van der Waals surface area contributed by atoms with E-state index in [1.807, 2.05) is 74.5 Å². The van der Waals surface area contributed by atoms with E-state index in [-0.39, 0.29) is 12.2 Å². The first-order chi connectivity index (χ1) is 21.1. The number of fused-ring (bicyclic) bond motifs is 4. The van der Waals surface area contributed by atoms with Gasteiger partial charge in [-0.2, -0.15) is 0 Å². The highest BCUT2D eigenvalue weighted by molar-refractivity contribution is 6.27. The number of carbonyl (C=O) groups is 2. The van der Waals surface area contributed by atoms with Crippen LogP contribution in [0.2, 0.25) is 0 Å². The number of hydrogen-bond acceptors (Lipinski definition) is 6. The topological polar surface area (TPSA) is 71.1 Å². The van der Waals surface area contributed by atoms with Crippen molar-refractivity contribution in [2.75, 3.05) is 0 Å². The summed E-state index contributed by atoms with van der Waals surface area (Å²) in [6.45, 7) is 11.2. The maximum Gasteiger partial charge on any atom is 0.514 e. The lowest BCUT2D eigenvalue weighted by Crippen LogP contribution is -2.16. The minimum absolute atomic E-state index is 0.319. The van der Waals surface area contributed by atoms with Crippen LogP contribution in [0, 0.1) is 13.8 Å². The van der Waals surface area contributed by atoms with E-state index in [9.17, 15) is 9.59 Å². The molecule has 0 amide bonds. The molecule has 6 rings (SSSR count). The maximum absolute atomic E-state index is 12.8. The third-order valence-electron chi connectivity index (χ3n) is 7.54. The summed E-state index contributed by atoms with van der Waals surface area (Å²) >= 11 is 0. The third kappa shape index (κ3) is 5.28. The highest BCUT2D eigenvalue weighted by atomic mass is 16.7. The monoisotopic (exact) mass is 586 g/mol. The lowest BCUT2D eigenvalue weighted by atomic mass is 9.85. The van der Waals surface area contributed by atoms with Gasteiger partial charge in [0, 0.05) is 21.5 Å². The smallest absolute Gasteiger partial charge is 0.431 e. The fourth-order valence-electron chi connectivity index (χ4n) is 5.86. The van der Waals surface area contributed by atoms with Crippen LogP contribution in [0.4, 0.5) is 9.59 Å². The molecular weight excluding hydrogens is 552 g/mol. The summed E-state index contributed by atoms with van der Waals surface area (Å²) in [6.07, 6.45) is -2.13. The molecule has 0 heterocycles. The average molecular weight is 587 g/mol. The molecule has 44 heavy (non-hydrogen) atoms. The Morgan fingerprint density at radius 1 is 0.477 bits per heavy atom. The molecule has 0 unspecified atom stereocenters. The number of ether oxygens (including phenoxy) is 4. The van der Waals surface area contributed by atoms with Gasteiger partial charge in [-0.3, -0.25) is 0 Å². The van der Waals surface area contributed by atoms with Crippen LogP contribution < -0.4 is 9.47 Å². The van der Waals surface area contributed by atoms with Crippen LogP contribution in [0.3, 0.4) is 0 Å². The van der Waals surface area contributed by atoms with E-state index >= 15 is 0 Å². The molecule has 0 fully saturated rings. The number of benzene rings is 6. The quantitative estimate of drug-likeness (QED) is 0.114.